The van der Waals surface area contributed by atoms with Crippen LogP contribution in [0.3, 0.4) is 0 Å². The van der Waals surface area contributed by atoms with E-state index in [1.807, 2.05) is 36.5 Å². The Kier molecular flexibility index (Phi) is 5.34. The second-order valence-electron chi connectivity index (χ2n) is 5.73. The summed E-state index contributed by atoms with van der Waals surface area (Å²) in [7, 11) is 0. The molecule has 0 spiro atoms. The highest BCUT2D eigenvalue weighted by atomic mass is 15.2. The van der Waals surface area contributed by atoms with Crippen molar-refractivity contribution in [3.05, 3.63) is 60.2 Å². The van der Waals surface area contributed by atoms with Crippen molar-refractivity contribution in [2.45, 2.75) is 25.9 Å². The summed E-state index contributed by atoms with van der Waals surface area (Å²) in [6, 6.07) is 14.2. The molecule has 0 aliphatic rings. The van der Waals surface area contributed by atoms with Crippen LogP contribution >= 0.6 is 0 Å². The number of hydrogen-bond donors (Lipinski definition) is 2. The predicted octanol–water partition coefficient (Wildman–Crippen LogP) is 2.70. The topological polar surface area (TPSA) is 70.8 Å². The van der Waals surface area contributed by atoms with Gasteiger partial charge in [0.25, 0.3) is 0 Å². The molecule has 5 nitrogen and oxygen atoms in total. The van der Waals surface area contributed by atoms with E-state index in [1.165, 1.54) is 0 Å². The van der Waals surface area contributed by atoms with Crippen LogP contribution in [-0.4, -0.2) is 32.9 Å². The average Bonchev–Trinajstić information content (AvgIpc) is 2.98. The molecule has 3 rings (SSSR count). The third kappa shape index (κ3) is 4.37. The number of hydrogen-bond acceptors (Lipinski definition) is 4. The van der Waals surface area contributed by atoms with Gasteiger partial charge in [-0.3, -0.25) is 9.88 Å². The number of benzene rings is 1. The van der Waals surface area contributed by atoms with Gasteiger partial charge >= 0.3 is 0 Å². The molecule has 0 bridgehead atoms. The van der Waals surface area contributed by atoms with E-state index in [0.29, 0.717) is 0 Å². The molecule has 2 aromatic heterocycles. The van der Waals surface area contributed by atoms with Crippen LogP contribution in [0.1, 0.15) is 24.4 Å². The fourth-order valence-corrected chi connectivity index (χ4v) is 2.71. The van der Waals surface area contributed by atoms with E-state index in [1.54, 1.807) is 0 Å². The largest absolute Gasteiger partial charge is 0.341 e. The molecule has 3 N–H and O–H groups in total. The summed E-state index contributed by atoms with van der Waals surface area (Å²) >= 11 is 0. The Bertz CT molecular complexity index is 689. The third-order valence-corrected chi connectivity index (χ3v) is 3.85. The molecule has 0 saturated carbocycles. The van der Waals surface area contributed by atoms with Gasteiger partial charge in [-0.25, -0.2) is 4.98 Å². The van der Waals surface area contributed by atoms with Crippen LogP contribution in [0.25, 0.3) is 11.0 Å². The number of nitrogens with zero attached hydrogens (tertiary/aromatic N) is 3. The van der Waals surface area contributed by atoms with Crippen LogP contribution in [0.2, 0.25) is 0 Å². The normalized spacial score (nSPS) is 11.4. The van der Waals surface area contributed by atoms with Gasteiger partial charge in [-0.05, 0) is 50.2 Å². The highest BCUT2D eigenvalue weighted by Gasteiger charge is 2.10. The van der Waals surface area contributed by atoms with Gasteiger partial charge in [0.1, 0.15) is 5.82 Å². The van der Waals surface area contributed by atoms with Gasteiger partial charge in [0, 0.05) is 12.7 Å². The number of rotatable bonds is 8. The van der Waals surface area contributed by atoms with E-state index >= 15 is 0 Å². The fourth-order valence-electron chi connectivity index (χ4n) is 2.71. The Hall–Kier alpha value is -2.24. The van der Waals surface area contributed by atoms with Gasteiger partial charge in [-0.2, -0.15) is 0 Å². The average molecular weight is 309 g/mol. The summed E-state index contributed by atoms with van der Waals surface area (Å²) in [5.74, 6) is 0.995. The maximum Gasteiger partial charge on any atom is 0.121 e. The van der Waals surface area contributed by atoms with Crippen molar-refractivity contribution in [2.24, 2.45) is 5.73 Å². The van der Waals surface area contributed by atoms with Crippen LogP contribution in [0.4, 0.5) is 0 Å². The van der Waals surface area contributed by atoms with Crippen LogP contribution in [0.5, 0.6) is 0 Å². The number of nitrogens with two attached hydrogens (primary N) is 1. The predicted molar refractivity (Wildman–Crippen MR) is 92.7 cm³/mol. The molecule has 0 aliphatic carbocycles. The lowest BCUT2D eigenvalue weighted by atomic mass is 10.2. The first kappa shape index (κ1) is 15.6. The summed E-state index contributed by atoms with van der Waals surface area (Å²) in [6.07, 6.45) is 3.97. The third-order valence-electron chi connectivity index (χ3n) is 3.85. The Morgan fingerprint density at radius 2 is 1.87 bits per heavy atom. The molecule has 3 aromatic rings. The molecule has 0 saturated heterocycles. The second-order valence-corrected chi connectivity index (χ2v) is 5.73. The molecule has 5 heteroatoms. The lowest BCUT2D eigenvalue weighted by molar-refractivity contribution is 0.243. The molecule has 23 heavy (non-hydrogen) atoms. The Labute approximate surface area is 136 Å². The van der Waals surface area contributed by atoms with Gasteiger partial charge < -0.3 is 10.7 Å². The van der Waals surface area contributed by atoms with Gasteiger partial charge in [0.05, 0.1) is 23.3 Å². The van der Waals surface area contributed by atoms with Crippen LogP contribution in [0, 0.1) is 0 Å². The quantitative estimate of drug-likeness (QED) is 0.628. The number of para-hydroxylation sites is 2. The van der Waals surface area contributed by atoms with Gasteiger partial charge in [-0.1, -0.05) is 18.2 Å². The minimum atomic E-state index is 0.738. The summed E-state index contributed by atoms with van der Waals surface area (Å²) < 4.78 is 0. The highest BCUT2D eigenvalue weighted by Crippen LogP contribution is 2.13. The number of imidazole rings is 1. The van der Waals surface area contributed by atoms with Crippen molar-refractivity contribution in [1.29, 1.82) is 0 Å². The summed E-state index contributed by atoms with van der Waals surface area (Å²) in [6.45, 7) is 3.34. The zero-order valence-electron chi connectivity index (χ0n) is 13.3. The minimum absolute atomic E-state index is 0.738. The van der Waals surface area contributed by atoms with E-state index < -0.39 is 0 Å². The van der Waals surface area contributed by atoms with E-state index in [0.717, 1.165) is 61.6 Å². The molecule has 2 heterocycles. The molecule has 0 unspecified atom stereocenters. The van der Waals surface area contributed by atoms with E-state index in [-0.39, 0.29) is 0 Å². The number of nitrogens with one attached hydrogen (secondary N) is 1. The highest BCUT2D eigenvalue weighted by molar-refractivity contribution is 5.74. The molecule has 0 fully saturated rings. The molecule has 0 atom stereocenters. The maximum absolute atomic E-state index is 5.62. The Morgan fingerprint density at radius 3 is 2.65 bits per heavy atom. The fraction of sp³-hybridized carbons (Fsp3) is 0.333. The standard InChI is InChI=1S/C18H23N5/c19-10-4-6-12-23(13-15-7-3-5-11-20-15)14-18-21-16-8-1-2-9-17(16)22-18/h1-3,5,7-9,11H,4,6,10,12-14,19H2,(H,21,22). The van der Waals surface area contributed by atoms with Crippen molar-refractivity contribution >= 4 is 11.0 Å². The number of aromatic amines is 1. The van der Waals surface area contributed by atoms with Crippen molar-refractivity contribution in [1.82, 2.24) is 19.9 Å². The zero-order chi connectivity index (χ0) is 15.9. The SMILES string of the molecule is NCCCCN(Cc1ccccn1)Cc1nc2ccccc2[nH]1. The number of pyridine rings is 1. The first-order valence-corrected chi connectivity index (χ1v) is 8.11. The molecule has 120 valence electrons. The van der Waals surface area contributed by atoms with E-state index in [9.17, 15) is 0 Å². The Morgan fingerprint density at radius 1 is 1.00 bits per heavy atom. The molecule has 0 radical (unpaired) electrons. The number of H-pyrrole nitrogens is 1. The second kappa shape index (κ2) is 7.85. The number of unbranched alkanes of at least 4 members (excludes halogenated alkanes) is 1. The van der Waals surface area contributed by atoms with Gasteiger partial charge in [0.15, 0.2) is 0 Å². The van der Waals surface area contributed by atoms with E-state index in [4.69, 9.17) is 5.73 Å². The first-order valence-electron chi connectivity index (χ1n) is 8.11. The molecule has 0 aliphatic heterocycles. The van der Waals surface area contributed by atoms with Crippen LogP contribution in [0.15, 0.2) is 48.7 Å². The van der Waals surface area contributed by atoms with Crippen molar-refractivity contribution in [3.63, 3.8) is 0 Å². The summed E-state index contributed by atoms with van der Waals surface area (Å²) in [4.78, 5) is 14.9. The lowest BCUT2D eigenvalue weighted by Crippen LogP contribution is -2.25. The van der Waals surface area contributed by atoms with Gasteiger partial charge in [-0.15, -0.1) is 0 Å². The summed E-state index contributed by atoms with van der Waals surface area (Å²) in [5.41, 5.74) is 8.80. The van der Waals surface area contributed by atoms with Gasteiger partial charge in [0.2, 0.25) is 0 Å². The monoisotopic (exact) mass is 309 g/mol. The van der Waals surface area contributed by atoms with Crippen molar-refractivity contribution < 1.29 is 0 Å². The minimum Gasteiger partial charge on any atom is -0.341 e. The summed E-state index contributed by atoms with van der Waals surface area (Å²) in [5, 5.41) is 0. The zero-order valence-corrected chi connectivity index (χ0v) is 13.3. The molecular weight excluding hydrogens is 286 g/mol. The first-order chi connectivity index (χ1) is 11.3. The van der Waals surface area contributed by atoms with Crippen LogP contribution in [-0.2, 0) is 13.1 Å². The Balaban J connectivity index is 1.71. The lowest BCUT2D eigenvalue weighted by Gasteiger charge is -2.20. The number of fused-ring (bicyclic) bond motifs is 1. The van der Waals surface area contributed by atoms with Crippen molar-refractivity contribution in [2.75, 3.05) is 13.1 Å². The smallest absolute Gasteiger partial charge is 0.121 e. The molecular formula is C18H23N5. The van der Waals surface area contributed by atoms with Crippen molar-refractivity contribution in [3.8, 4) is 0 Å². The maximum atomic E-state index is 5.62. The van der Waals surface area contributed by atoms with Crippen LogP contribution < -0.4 is 5.73 Å². The number of aromatic nitrogens is 3. The molecule has 1 aromatic carbocycles. The van der Waals surface area contributed by atoms with E-state index in [2.05, 4.69) is 32.0 Å². The molecule has 0 amide bonds.